The molecule has 0 amide bonds. The van der Waals surface area contributed by atoms with Gasteiger partial charge in [-0.15, -0.1) is 0 Å². The van der Waals surface area contributed by atoms with Crippen molar-refractivity contribution in [2.45, 2.75) is 0 Å². The highest BCUT2D eigenvalue weighted by Gasteiger charge is 2.17. The summed E-state index contributed by atoms with van der Waals surface area (Å²) in [4.78, 5) is 2.40. The normalized spacial score (nSPS) is 11.4. The number of rotatable bonds is 5. The SMILES string of the molecule is c1cc(-c2cccc3ccccc23)cc(N(c2ccc(-c3cc4ccccc4c4ccccc34)cc2)c2cccc3ccccc23)c1. The molecule has 1 heteroatoms. The van der Waals surface area contributed by atoms with E-state index in [1.54, 1.807) is 0 Å². The van der Waals surface area contributed by atoms with Crippen LogP contribution in [0.4, 0.5) is 17.1 Å². The summed E-state index contributed by atoms with van der Waals surface area (Å²) in [5.74, 6) is 0. The topological polar surface area (TPSA) is 3.24 Å². The second-order valence-corrected chi connectivity index (χ2v) is 12.1. The molecule has 0 aliphatic carbocycles. The van der Waals surface area contributed by atoms with Crippen LogP contribution in [-0.4, -0.2) is 0 Å². The van der Waals surface area contributed by atoms with Crippen LogP contribution in [0.5, 0.6) is 0 Å². The Labute approximate surface area is 274 Å². The van der Waals surface area contributed by atoms with Crippen LogP contribution in [0.2, 0.25) is 0 Å². The molecule has 0 aliphatic heterocycles. The van der Waals surface area contributed by atoms with Crippen LogP contribution in [-0.2, 0) is 0 Å². The standard InChI is InChI=1S/C46H31N/c1-4-19-39-32(12-1)15-10-24-40(39)35-17-9-18-38(30-35)47(46-25-11-16-33-13-2-6-21-42(33)46)37-28-26-34(27-29-37)45-31-36-14-3-5-20-41(36)43-22-7-8-23-44(43)45/h1-31H. The molecule has 0 aromatic heterocycles. The van der Waals surface area contributed by atoms with Gasteiger partial charge in [0.1, 0.15) is 0 Å². The van der Waals surface area contributed by atoms with E-state index in [-0.39, 0.29) is 0 Å². The third-order valence-electron chi connectivity index (χ3n) is 9.42. The maximum Gasteiger partial charge on any atom is 0.0540 e. The maximum atomic E-state index is 2.40. The molecule has 0 unspecified atom stereocenters. The Morgan fingerprint density at radius 1 is 0.277 bits per heavy atom. The van der Waals surface area contributed by atoms with E-state index >= 15 is 0 Å². The number of anilines is 3. The van der Waals surface area contributed by atoms with Gasteiger partial charge < -0.3 is 4.90 Å². The lowest BCUT2D eigenvalue weighted by Crippen LogP contribution is -2.10. The second kappa shape index (κ2) is 11.3. The minimum absolute atomic E-state index is 1.12. The fourth-order valence-corrected chi connectivity index (χ4v) is 7.20. The van der Waals surface area contributed by atoms with Gasteiger partial charge in [-0.25, -0.2) is 0 Å². The molecule has 0 aliphatic rings. The Kier molecular flexibility index (Phi) is 6.54. The van der Waals surface area contributed by atoms with Crippen LogP contribution in [0.15, 0.2) is 188 Å². The second-order valence-electron chi connectivity index (χ2n) is 12.1. The third kappa shape index (κ3) is 4.72. The average Bonchev–Trinajstić information content (AvgIpc) is 3.15. The maximum absolute atomic E-state index is 2.40. The lowest BCUT2D eigenvalue weighted by molar-refractivity contribution is 1.30. The molecule has 9 aromatic rings. The predicted molar refractivity (Wildman–Crippen MR) is 202 cm³/mol. The third-order valence-corrected chi connectivity index (χ3v) is 9.42. The minimum atomic E-state index is 1.12. The first-order chi connectivity index (χ1) is 23.3. The van der Waals surface area contributed by atoms with Crippen molar-refractivity contribution >= 4 is 60.2 Å². The van der Waals surface area contributed by atoms with Gasteiger partial charge in [0, 0.05) is 16.8 Å². The molecule has 0 bridgehead atoms. The van der Waals surface area contributed by atoms with Crippen molar-refractivity contribution in [2.24, 2.45) is 0 Å². The van der Waals surface area contributed by atoms with Crippen LogP contribution in [0.3, 0.4) is 0 Å². The Morgan fingerprint density at radius 2 is 0.851 bits per heavy atom. The Hall–Kier alpha value is -6.18. The number of hydrogen-bond acceptors (Lipinski definition) is 1. The summed E-state index contributed by atoms with van der Waals surface area (Å²) in [7, 11) is 0. The van der Waals surface area contributed by atoms with Crippen molar-refractivity contribution in [3.05, 3.63) is 188 Å². The van der Waals surface area contributed by atoms with Gasteiger partial charge in [-0.3, -0.25) is 0 Å². The van der Waals surface area contributed by atoms with Crippen LogP contribution in [0.1, 0.15) is 0 Å². The van der Waals surface area contributed by atoms with Gasteiger partial charge in [-0.2, -0.15) is 0 Å². The molecule has 220 valence electrons. The number of hydrogen-bond donors (Lipinski definition) is 0. The summed E-state index contributed by atoms with van der Waals surface area (Å²) in [6, 6.07) is 68.3. The Morgan fingerprint density at radius 3 is 1.64 bits per heavy atom. The smallest absolute Gasteiger partial charge is 0.0540 e. The highest BCUT2D eigenvalue weighted by molar-refractivity contribution is 6.14. The first-order valence-corrected chi connectivity index (χ1v) is 16.2. The van der Waals surface area contributed by atoms with E-state index in [0.717, 1.165) is 17.1 Å². The molecule has 0 saturated heterocycles. The van der Waals surface area contributed by atoms with Crippen molar-refractivity contribution in [1.29, 1.82) is 0 Å². The first kappa shape index (κ1) is 27.2. The van der Waals surface area contributed by atoms with Gasteiger partial charge in [0.2, 0.25) is 0 Å². The van der Waals surface area contributed by atoms with Gasteiger partial charge in [0.15, 0.2) is 0 Å². The van der Waals surface area contributed by atoms with Crippen LogP contribution >= 0.6 is 0 Å². The van der Waals surface area contributed by atoms with Crippen LogP contribution in [0, 0.1) is 0 Å². The number of nitrogens with zero attached hydrogens (tertiary/aromatic N) is 1. The summed E-state index contributed by atoms with van der Waals surface area (Å²) >= 11 is 0. The largest absolute Gasteiger partial charge is 0.310 e. The van der Waals surface area contributed by atoms with Crippen LogP contribution in [0.25, 0.3) is 65.3 Å². The van der Waals surface area contributed by atoms with Crippen molar-refractivity contribution in [2.75, 3.05) is 4.90 Å². The highest BCUT2D eigenvalue weighted by atomic mass is 15.1. The zero-order valence-electron chi connectivity index (χ0n) is 25.8. The predicted octanol–water partition coefficient (Wildman–Crippen LogP) is 13.1. The molecular weight excluding hydrogens is 567 g/mol. The fraction of sp³-hybridized carbons (Fsp3) is 0. The van der Waals surface area contributed by atoms with Crippen molar-refractivity contribution < 1.29 is 0 Å². The summed E-state index contributed by atoms with van der Waals surface area (Å²) in [6.07, 6.45) is 0. The molecule has 0 spiro atoms. The van der Waals surface area contributed by atoms with E-state index < -0.39 is 0 Å². The summed E-state index contributed by atoms with van der Waals surface area (Å²) in [5.41, 5.74) is 8.28. The number of fused-ring (bicyclic) bond motifs is 5. The molecule has 0 fully saturated rings. The molecule has 9 aromatic carbocycles. The van der Waals surface area contributed by atoms with Crippen molar-refractivity contribution in [3.8, 4) is 22.3 Å². The Balaban J connectivity index is 1.22. The average molecular weight is 598 g/mol. The quantitative estimate of drug-likeness (QED) is 0.178. The van der Waals surface area contributed by atoms with Crippen molar-refractivity contribution in [3.63, 3.8) is 0 Å². The van der Waals surface area contributed by atoms with E-state index in [1.807, 2.05) is 0 Å². The zero-order valence-corrected chi connectivity index (χ0v) is 25.8. The zero-order chi connectivity index (χ0) is 31.2. The summed E-state index contributed by atoms with van der Waals surface area (Å²) in [5, 5.41) is 10.0. The lowest BCUT2D eigenvalue weighted by Gasteiger charge is -2.27. The molecular formula is C46H31N. The fourth-order valence-electron chi connectivity index (χ4n) is 7.20. The molecule has 0 heterocycles. The minimum Gasteiger partial charge on any atom is -0.310 e. The molecule has 47 heavy (non-hydrogen) atoms. The first-order valence-electron chi connectivity index (χ1n) is 16.2. The highest BCUT2D eigenvalue weighted by Crippen LogP contribution is 2.42. The summed E-state index contributed by atoms with van der Waals surface area (Å²) < 4.78 is 0. The van der Waals surface area contributed by atoms with E-state index in [1.165, 1.54) is 65.3 Å². The van der Waals surface area contributed by atoms with E-state index in [0.29, 0.717) is 0 Å². The van der Waals surface area contributed by atoms with E-state index in [4.69, 9.17) is 0 Å². The molecule has 0 saturated carbocycles. The molecule has 1 nitrogen and oxygen atoms in total. The van der Waals surface area contributed by atoms with Gasteiger partial charge in [0.05, 0.1) is 5.69 Å². The van der Waals surface area contributed by atoms with Gasteiger partial charge >= 0.3 is 0 Å². The monoisotopic (exact) mass is 597 g/mol. The van der Waals surface area contributed by atoms with E-state index in [2.05, 4.69) is 193 Å². The molecule has 0 N–H and O–H groups in total. The lowest BCUT2D eigenvalue weighted by atomic mass is 9.93. The van der Waals surface area contributed by atoms with Crippen molar-refractivity contribution in [1.82, 2.24) is 0 Å². The van der Waals surface area contributed by atoms with E-state index in [9.17, 15) is 0 Å². The number of benzene rings is 9. The molecule has 0 radical (unpaired) electrons. The summed E-state index contributed by atoms with van der Waals surface area (Å²) in [6.45, 7) is 0. The van der Waals surface area contributed by atoms with Gasteiger partial charge in [-0.1, -0.05) is 152 Å². The Bertz CT molecular complexity index is 2570. The molecule has 0 atom stereocenters. The van der Waals surface area contributed by atoms with Crippen LogP contribution < -0.4 is 4.90 Å². The van der Waals surface area contributed by atoms with Gasteiger partial charge in [0.25, 0.3) is 0 Å². The molecule has 9 rings (SSSR count). The van der Waals surface area contributed by atoms with Gasteiger partial charge in [-0.05, 0) is 96.4 Å².